The largest absolute Gasteiger partial charge is 0.368 e. The lowest BCUT2D eigenvalue weighted by Crippen LogP contribution is -1.84. The molecule has 4 nitrogen and oxygen atoms in total. The Bertz CT molecular complexity index is 109. The molecule has 1 rings (SSSR count). The van der Waals surface area contributed by atoms with Crippen molar-refractivity contribution in [3.05, 3.63) is 6.33 Å². The third kappa shape index (κ3) is 0.314. The summed E-state index contributed by atoms with van der Waals surface area (Å²) in [5.41, 5.74) is 5.02. The monoisotopic (exact) mass is 83.0 g/mol. The van der Waals surface area contributed by atoms with Crippen molar-refractivity contribution in [2.45, 2.75) is 0 Å². The fraction of sp³-hybridized carbons (Fsp3) is 0. The Morgan fingerprint density at radius 2 is 2.67 bits per heavy atom. The molecule has 0 aliphatic heterocycles. The van der Waals surface area contributed by atoms with Gasteiger partial charge in [-0.25, -0.2) is 0 Å². The van der Waals surface area contributed by atoms with Crippen LogP contribution in [0.2, 0.25) is 0 Å². The van der Waals surface area contributed by atoms with Gasteiger partial charge < -0.3 is 10.7 Å². The van der Waals surface area contributed by atoms with Crippen molar-refractivity contribution in [1.82, 2.24) is 15.2 Å². The van der Waals surface area contributed by atoms with Gasteiger partial charge in [0.25, 0.3) is 0 Å². The first kappa shape index (κ1) is 3.14. The highest BCUT2D eigenvalue weighted by Gasteiger charge is 1.77. The van der Waals surface area contributed by atoms with E-state index in [1.807, 2.05) is 0 Å². The van der Waals surface area contributed by atoms with Gasteiger partial charge in [-0.2, -0.15) is 0 Å². The molecule has 1 heterocycles. The molecule has 0 unspecified atom stereocenters. The molecule has 1 aromatic heterocycles. The molecule has 0 saturated heterocycles. The number of nitrogens with zero attached hydrogens (tertiary/aromatic N) is 2. The second-order valence-electron chi connectivity index (χ2n) is 0.822. The lowest BCUT2D eigenvalue weighted by molar-refractivity contribution is 1.09. The zero-order chi connectivity index (χ0) is 4.41. The van der Waals surface area contributed by atoms with Crippen molar-refractivity contribution in [2.75, 3.05) is 5.73 Å². The summed E-state index contributed by atoms with van der Waals surface area (Å²) in [7, 11) is 0. The highest BCUT2D eigenvalue weighted by atomic mass is 15.2. The molecule has 1 radical (unpaired) electrons. The van der Waals surface area contributed by atoms with Crippen LogP contribution in [0.5, 0.6) is 0 Å². The van der Waals surface area contributed by atoms with Gasteiger partial charge in [-0.05, 0) is 0 Å². The summed E-state index contributed by atoms with van der Waals surface area (Å²) in [6, 6.07) is 0. The van der Waals surface area contributed by atoms with Crippen molar-refractivity contribution >= 4 is 5.95 Å². The maximum Gasteiger partial charge on any atom is 0.219 e. The zero-order valence-electron chi connectivity index (χ0n) is 2.97. The highest BCUT2D eigenvalue weighted by molar-refractivity contribution is 5.07. The Hall–Kier alpha value is -1.06. The van der Waals surface area contributed by atoms with Gasteiger partial charge in [-0.3, -0.25) is 0 Å². The molecule has 0 bridgehead atoms. The van der Waals surface area contributed by atoms with Crippen LogP contribution in [0.15, 0.2) is 0 Å². The van der Waals surface area contributed by atoms with Crippen LogP contribution in [0.4, 0.5) is 5.95 Å². The third-order valence-corrected chi connectivity index (χ3v) is 0.392. The Morgan fingerprint density at radius 1 is 1.83 bits per heavy atom. The summed E-state index contributed by atoms with van der Waals surface area (Å²) in [4.78, 5) is 2.43. The van der Waals surface area contributed by atoms with Crippen LogP contribution in [-0.4, -0.2) is 15.2 Å². The third-order valence-electron chi connectivity index (χ3n) is 0.392. The molecule has 0 aliphatic carbocycles. The smallest absolute Gasteiger partial charge is 0.219 e. The van der Waals surface area contributed by atoms with Gasteiger partial charge in [0, 0.05) is 0 Å². The maximum absolute atomic E-state index is 5.02. The molecule has 0 fully saturated rings. The predicted octanol–water partition coefficient (Wildman–Crippen LogP) is -0.813. The van der Waals surface area contributed by atoms with E-state index in [1.165, 1.54) is 0 Å². The molecular formula is C2H3N4. The zero-order valence-corrected chi connectivity index (χ0v) is 2.97. The van der Waals surface area contributed by atoms with E-state index in [0.717, 1.165) is 0 Å². The minimum Gasteiger partial charge on any atom is -0.368 e. The summed E-state index contributed by atoms with van der Waals surface area (Å²) in [5.74, 6) is 0.301. The average molecular weight is 83.1 g/mol. The van der Waals surface area contributed by atoms with Crippen LogP contribution < -0.4 is 5.73 Å². The SMILES string of the molecule is Nc1nn[c][nH]1. The molecule has 1 aromatic rings. The number of nitrogens with two attached hydrogens (primary N) is 1. The Labute approximate surface area is 34.4 Å². The van der Waals surface area contributed by atoms with Crippen molar-refractivity contribution in [1.29, 1.82) is 0 Å². The van der Waals surface area contributed by atoms with Crippen LogP contribution >= 0.6 is 0 Å². The molecular weight excluding hydrogens is 80.0 g/mol. The lowest BCUT2D eigenvalue weighted by Gasteiger charge is -1.67. The molecule has 0 aromatic carbocycles. The molecule has 0 saturated carbocycles. The van der Waals surface area contributed by atoms with Crippen LogP contribution in [-0.2, 0) is 0 Å². The summed E-state index contributed by atoms with van der Waals surface area (Å²) < 4.78 is 0. The van der Waals surface area contributed by atoms with Crippen LogP contribution in [0.25, 0.3) is 0 Å². The first-order chi connectivity index (χ1) is 2.89. The van der Waals surface area contributed by atoms with Crippen LogP contribution in [0.1, 0.15) is 0 Å². The molecule has 0 spiro atoms. The molecule has 6 heavy (non-hydrogen) atoms. The fourth-order valence-corrected chi connectivity index (χ4v) is 0.186. The van der Waals surface area contributed by atoms with Gasteiger partial charge in [0.15, 0.2) is 0 Å². The van der Waals surface area contributed by atoms with Crippen LogP contribution in [0.3, 0.4) is 0 Å². The maximum atomic E-state index is 5.02. The van der Waals surface area contributed by atoms with Crippen molar-refractivity contribution in [3.63, 3.8) is 0 Å². The number of nitrogen functional groups attached to an aromatic ring is 1. The van der Waals surface area contributed by atoms with E-state index in [2.05, 4.69) is 21.5 Å². The van der Waals surface area contributed by atoms with Crippen molar-refractivity contribution < 1.29 is 0 Å². The van der Waals surface area contributed by atoms with E-state index in [0.29, 0.717) is 5.95 Å². The molecule has 31 valence electrons. The quantitative estimate of drug-likeness (QED) is 0.431. The molecule has 0 amide bonds. The topological polar surface area (TPSA) is 67.6 Å². The predicted molar refractivity (Wildman–Crippen MR) is 19.6 cm³/mol. The van der Waals surface area contributed by atoms with Crippen molar-refractivity contribution in [3.8, 4) is 0 Å². The minimum atomic E-state index is 0.301. The van der Waals surface area contributed by atoms with Gasteiger partial charge >= 0.3 is 0 Å². The Balaban J connectivity index is 3.05. The molecule has 4 heteroatoms. The lowest BCUT2D eigenvalue weighted by atomic mass is 11.1. The first-order valence-corrected chi connectivity index (χ1v) is 1.44. The number of aromatic nitrogens is 3. The Morgan fingerprint density at radius 3 is 2.83 bits per heavy atom. The van der Waals surface area contributed by atoms with E-state index in [9.17, 15) is 0 Å². The van der Waals surface area contributed by atoms with E-state index in [-0.39, 0.29) is 0 Å². The number of hydrogen-bond acceptors (Lipinski definition) is 3. The standard InChI is InChI=1S/C2H3N4/c3-2-4-1-5-6-2/h(H3,3,4,5,6). The van der Waals surface area contributed by atoms with E-state index < -0.39 is 0 Å². The second-order valence-corrected chi connectivity index (χ2v) is 0.822. The average Bonchev–Trinajstić information content (AvgIpc) is 1.86. The minimum absolute atomic E-state index is 0.301. The normalized spacial score (nSPS) is 8.67. The van der Waals surface area contributed by atoms with E-state index in [4.69, 9.17) is 5.73 Å². The Kier molecular flexibility index (Phi) is 0.506. The summed E-state index contributed by atoms with van der Waals surface area (Å²) >= 11 is 0. The highest BCUT2D eigenvalue weighted by Crippen LogP contribution is 1.75. The van der Waals surface area contributed by atoms with Gasteiger partial charge in [-0.15, -0.1) is 10.2 Å². The number of rotatable bonds is 0. The summed E-state index contributed by atoms with van der Waals surface area (Å²) in [5, 5.41) is 6.60. The molecule has 0 aliphatic rings. The summed E-state index contributed by atoms with van der Waals surface area (Å²) in [6.45, 7) is 0. The number of hydrogen-bond donors (Lipinski definition) is 2. The van der Waals surface area contributed by atoms with E-state index in [1.54, 1.807) is 0 Å². The number of H-pyrrole nitrogens is 1. The summed E-state index contributed by atoms with van der Waals surface area (Å²) in [6.07, 6.45) is 2.32. The number of anilines is 1. The number of nitrogens with one attached hydrogen (secondary N) is 1. The van der Waals surface area contributed by atoms with Gasteiger partial charge in [-0.1, -0.05) is 0 Å². The van der Waals surface area contributed by atoms with Crippen molar-refractivity contribution in [2.24, 2.45) is 0 Å². The molecule has 0 atom stereocenters. The molecule has 3 N–H and O–H groups in total. The van der Waals surface area contributed by atoms with E-state index >= 15 is 0 Å². The van der Waals surface area contributed by atoms with Crippen LogP contribution in [0, 0.1) is 6.33 Å². The van der Waals surface area contributed by atoms with Gasteiger partial charge in [0.1, 0.15) is 0 Å². The van der Waals surface area contributed by atoms with Gasteiger partial charge in [0.05, 0.1) is 0 Å². The van der Waals surface area contributed by atoms with Gasteiger partial charge in [0.2, 0.25) is 12.3 Å². The first-order valence-electron chi connectivity index (χ1n) is 1.44. The number of aromatic amines is 1. The fourth-order valence-electron chi connectivity index (χ4n) is 0.186. The second kappa shape index (κ2) is 0.965.